The number of amides is 1. The molecule has 0 aliphatic carbocycles. The van der Waals surface area contributed by atoms with Crippen molar-refractivity contribution in [1.29, 1.82) is 0 Å². The number of carbonyl (C=O) groups is 1. The van der Waals surface area contributed by atoms with Crippen molar-refractivity contribution in [2.45, 2.75) is 18.9 Å². The highest BCUT2D eigenvalue weighted by molar-refractivity contribution is 7.88. The third kappa shape index (κ3) is 4.71. The van der Waals surface area contributed by atoms with E-state index < -0.39 is 10.0 Å². The number of para-hydroxylation sites is 1. The Morgan fingerprint density at radius 3 is 2.41 bits per heavy atom. The zero-order valence-corrected chi connectivity index (χ0v) is 13.8. The summed E-state index contributed by atoms with van der Waals surface area (Å²) in [6, 6.07) is 9.77. The van der Waals surface area contributed by atoms with Gasteiger partial charge >= 0.3 is 0 Å². The van der Waals surface area contributed by atoms with Crippen molar-refractivity contribution in [3.8, 4) is 0 Å². The largest absolute Gasteiger partial charge is 0.365 e. The summed E-state index contributed by atoms with van der Waals surface area (Å²) in [6.45, 7) is 1.23. The average molecular weight is 325 g/mol. The molecular formula is C15H23N3O3S. The highest BCUT2D eigenvalue weighted by Crippen LogP contribution is 2.14. The number of hydrogen-bond acceptors (Lipinski definition) is 4. The zero-order chi connectivity index (χ0) is 16.2. The minimum absolute atomic E-state index is 0.0378. The Morgan fingerprint density at radius 2 is 1.86 bits per heavy atom. The van der Waals surface area contributed by atoms with E-state index in [1.54, 1.807) is 0 Å². The second kappa shape index (κ2) is 7.11. The maximum absolute atomic E-state index is 12.1. The third-order valence-electron chi connectivity index (χ3n) is 3.87. The molecule has 22 heavy (non-hydrogen) atoms. The van der Waals surface area contributed by atoms with Crippen LogP contribution in [0.3, 0.4) is 0 Å². The Morgan fingerprint density at radius 1 is 1.27 bits per heavy atom. The number of likely N-dealkylation sites (N-methyl/N-ethyl adjacent to an activating group) is 1. The van der Waals surface area contributed by atoms with Gasteiger partial charge in [0.1, 0.15) is 0 Å². The van der Waals surface area contributed by atoms with Crippen LogP contribution in [0.1, 0.15) is 12.8 Å². The summed E-state index contributed by atoms with van der Waals surface area (Å²) in [5, 5.41) is 2.99. The molecule has 122 valence electrons. The molecule has 1 saturated heterocycles. The SMILES string of the molecule is CN(CC(=O)NC1CCN(S(C)(=O)=O)CC1)c1ccccc1. The quantitative estimate of drug-likeness (QED) is 0.863. The fourth-order valence-electron chi connectivity index (χ4n) is 2.59. The van der Waals surface area contributed by atoms with Crippen LogP contribution in [-0.2, 0) is 14.8 Å². The zero-order valence-electron chi connectivity index (χ0n) is 13.0. The Balaban J connectivity index is 1.79. The molecule has 0 spiro atoms. The Labute approximate surface area is 132 Å². The van der Waals surface area contributed by atoms with E-state index in [1.807, 2.05) is 42.3 Å². The van der Waals surface area contributed by atoms with Gasteiger partial charge in [-0.1, -0.05) is 18.2 Å². The lowest BCUT2D eigenvalue weighted by molar-refractivity contribution is -0.120. The molecule has 1 N–H and O–H groups in total. The Bertz CT molecular complexity index is 596. The van der Waals surface area contributed by atoms with Crippen molar-refractivity contribution in [1.82, 2.24) is 9.62 Å². The summed E-state index contributed by atoms with van der Waals surface area (Å²) in [7, 11) is -1.24. The minimum atomic E-state index is -3.12. The summed E-state index contributed by atoms with van der Waals surface area (Å²) < 4.78 is 24.4. The monoisotopic (exact) mass is 325 g/mol. The van der Waals surface area contributed by atoms with Crippen LogP contribution < -0.4 is 10.2 Å². The number of nitrogens with zero attached hydrogens (tertiary/aromatic N) is 2. The van der Waals surface area contributed by atoms with Crippen molar-refractivity contribution < 1.29 is 13.2 Å². The fraction of sp³-hybridized carbons (Fsp3) is 0.533. The Hall–Kier alpha value is -1.60. The van der Waals surface area contributed by atoms with Gasteiger partial charge in [-0.15, -0.1) is 0 Å². The molecule has 1 aromatic rings. The number of rotatable bonds is 5. The highest BCUT2D eigenvalue weighted by Gasteiger charge is 2.25. The summed E-state index contributed by atoms with van der Waals surface area (Å²) in [5.41, 5.74) is 0.990. The van der Waals surface area contributed by atoms with E-state index >= 15 is 0 Å². The van der Waals surface area contributed by atoms with Crippen LogP contribution in [0.5, 0.6) is 0 Å². The molecule has 0 unspecified atom stereocenters. The first kappa shape index (κ1) is 16.8. The topological polar surface area (TPSA) is 69.7 Å². The lowest BCUT2D eigenvalue weighted by Gasteiger charge is -2.31. The number of sulfonamides is 1. The summed E-state index contributed by atoms with van der Waals surface area (Å²) >= 11 is 0. The van der Waals surface area contributed by atoms with E-state index in [4.69, 9.17) is 0 Å². The van der Waals surface area contributed by atoms with E-state index in [0.29, 0.717) is 25.9 Å². The maximum Gasteiger partial charge on any atom is 0.239 e. The smallest absolute Gasteiger partial charge is 0.239 e. The van der Waals surface area contributed by atoms with Crippen molar-refractivity contribution in [3.05, 3.63) is 30.3 Å². The van der Waals surface area contributed by atoms with Gasteiger partial charge in [-0.2, -0.15) is 0 Å². The normalized spacial score (nSPS) is 17.2. The average Bonchev–Trinajstić information content (AvgIpc) is 2.47. The summed E-state index contributed by atoms with van der Waals surface area (Å²) in [4.78, 5) is 14.0. The summed E-state index contributed by atoms with van der Waals surface area (Å²) in [5.74, 6) is -0.0378. The van der Waals surface area contributed by atoms with Gasteiger partial charge in [-0.3, -0.25) is 4.79 Å². The molecule has 1 fully saturated rings. The van der Waals surface area contributed by atoms with Crippen LogP contribution >= 0.6 is 0 Å². The van der Waals surface area contributed by atoms with Crippen LogP contribution in [0.15, 0.2) is 30.3 Å². The van der Waals surface area contributed by atoms with Crippen molar-refractivity contribution in [2.24, 2.45) is 0 Å². The van der Waals surface area contributed by atoms with Gasteiger partial charge in [-0.05, 0) is 25.0 Å². The molecule has 7 heteroatoms. The van der Waals surface area contributed by atoms with E-state index in [2.05, 4.69) is 5.32 Å². The van der Waals surface area contributed by atoms with Gasteiger partial charge < -0.3 is 10.2 Å². The van der Waals surface area contributed by atoms with E-state index in [9.17, 15) is 13.2 Å². The highest BCUT2D eigenvalue weighted by atomic mass is 32.2. The van der Waals surface area contributed by atoms with Gasteiger partial charge in [0.2, 0.25) is 15.9 Å². The lowest BCUT2D eigenvalue weighted by atomic mass is 10.1. The third-order valence-corrected chi connectivity index (χ3v) is 5.17. The number of anilines is 1. The predicted octanol–water partition coefficient (Wildman–Crippen LogP) is 0.663. The van der Waals surface area contributed by atoms with Crippen LogP contribution in [0.2, 0.25) is 0 Å². The number of piperidine rings is 1. The van der Waals surface area contributed by atoms with Crippen LogP contribution in [0.4, 0.5) is 5.69 Å². The molecule has 0 saturated carbocycles. The molecule has 1 heterocycles. The standard InChI is InChI=1S/C15H23N3O3S/c1-17(14-6-4-3-5-7-14)12-15(19)16-13-8-10-18(11-9-13)22(2,20)21/h3-7,13H,8-12H2,1-2H3,(H,16,19). The van der Waals surface area contributed by atoms with E-state index in [-0.39, 0.29) is 18.5 Å². The Kier molecular flexibility index (Phi) is 5.42. The number of nitrogens with one attached hydrogen (secondary N) is 1. The first-order valence-corrected chi connectivity index (χ1v) is 9.22. The molecule has 1 amide bonds. The van der Waals surface area contributed by atoms with Crippen molar-refractivity contribution in [2.75, 3.05) is 37.8 Å². The first-order valence-electron chi connectivity index (χ1n) is 7.37. The van der Waals surface area contributed by atoms with Gasteiger partial charge in [0.15, 0.2) is 0 Å². The predicted molar refractivity (Wildman–Crippen MR) is 87.3 cm³/mol. The van der Waals surface area contributed by atoms with Gasteiger partial charge in [0.25, 0.3) is 0 Å². The van der Waals surface area contributed by atoms with E-state index in [1.165, 1.54) is 10.6 Å². The molecule has 2 rings (SSSR count). The molecule has 6 nitrogen and oxygen atoms in total. The fourth-order valence-corrected chi connectivity index (χ4v) is 3.47. The van der Waals surface area contributed by atoms with Gasteiger partial charge in [-0.25, -0.2) is 12.7 Å². The molecule has 1 aliphatic heterocycles. The minimum Gasteiger partial charge on any atom is -0.365 e. The second-order valence-electron chi connectivity index (χ2n) is 5.70. The second-order valence-corrected chi connectivity index (χ2v) is 7.68. The first-order chi connectivity index (χ1) is 10.4. The van der Waals surface area contributed by atoms with Gasteiger partial charge in [0.05, 0.1) is 12.8 Å². The van der Waals surface area contributed by atoms with Crippen LogP contribution in [-0.4, -0.2) is 57.6 Å². The molecule has 1 aliphatic rings. The molecule has 0 bridgehead atoms. The maximum atomic E-state index is 12.1. The van der Waals surface area contributed by atoms with Crippen LogP contribution in [0.25, 0.3) is 0 Å². The number of carbonyl (C=O) groups excluding carboxylic acids is 1. The van der Waals surface area contributed by atoms with Gasteiger partial charge in [0, 0.05) is 31.9 Å². The molecule has 0 radical (unpaired) electrons. The number of benzene rings is 1. The molecule has 0 atom stereocenters. The molecule has 1 aromatic carbocycles. The lowest BCUT2D eigenvalue weighted by Crippen LogP contribution is -2.48. The molecule has 0 aromatic heterocycles. The van der Waals surface area contributed by atoms with Crippen molar-refractivity contribution in [3.63, 3.8) is 0 Å². The number of hydrogen-bond donors (Lipinski definition) is 1. The van der Waals surface area contributed by atoms with E-state index in [0.717, 1.165) is 5.69 Å². The van der Waals surface area contributed by atoms with Crippen molar-refractivity contribution >= 4 is 21.6 Å². The molecular weight excluding hydrogens is 302 g/mol. The van der Waals surface area contributed by atoms with Crippen LogP contribution in [0, 0.1) is 0 Å². The summed E-state index contributed by atoms with van der Waals surface area (Å²) in [6.07, 6.45) is 2.54.